The third-order valence-corrected chi connectivity index (χ3v) is 6.09. The molecule has 1 saturated carbocycles. The van der Waals surface area contributed by atoms with E-state index in [1.165, 1.54) is 48.1 Å². The molecule has 0 saturated heterocycles. The molecule has 1 aliphatic heterocycles. The highest BCUT2D eigenvalue weighted by molar-refractivity contribution is 6.36. The molecule has 1 nitrogen and oxygen atoms in total. The maximum absolute atomic E-state index is 6.42. The highest BCUT2D eigenvalue weighted by Crippen LogP contribution is 2.54. The van der Waals surface area contributed by atoms with Gasteiger partial charge in [0.05, 0.1) is 0 Å². The minimum Gasteiger partial charge on any atom is -0.379 e. The lowest BCUT2D eigenvalue weighted by molar-refractivity contribution is 0.214. The smallest absolute Gasteiger partial charge is 0.116 e. The number of hydrogen-bond acceptors (Lipinski definition) is 1. The Balaban J connectivity index is 1.90. The summed E-state index contributed by atoms with van der Waals surface area (Å²) in [5.41, 5.74) is 6.25. The highest BCUT2D eigenvalue weighted by Gasteiger charge is 2.53. The van der Waals surface area contributed by atoms with Crippen molar-refractivity contribution in [2.45, 2.75) is 50.5 Å². The molecule has 1 N–H and O–H groups in total. The maximum Gasteiger partial charge on any atom is 0.116 e. The minimum atomic E-state index is 0.136. The number of hydrogen-bond donors (Lipinski definition) is 1. The second-order valence-corrected chi connectivity index (χ2v) is 7.35. The van der Waals surface area contributed by atoms with Crippen LogP contribution in [0.15, 0.2) is 42.5 Å². The molecule has 2 aromatic rings. The van der Waals surface area contributed by atoms with Crippen molar-refractivity contribution in [3.05, 3.63) is 48.0 Å². The molecule has 2 aromatic carbocycles. The molecule has 110 valence electrons. The summed E-state index contributed by atoms with van der Waals surface area (Å²) in [6.07, 6.45) is 5.07. The normalized spacial score (nSPS) is 29.5. The van der Waals surface area contributed by atoms with E-state index in [2.05, 4.69) is 61.6 Å². The monoisotopic (exact) mass is 287 g/mol. The van der Waals surface area contributed by atoms with Crippen LogP contribution in [-0.4, -0.2) is 13.4 Å². The van der Waals surface area contributed by atoms with Crippen molar-refractivity contribution in [3.8, 4) is 11.1 Å². The standard InChI is InChI=1S/C20H22BN/c1-19-10-6-7-11-20(19,2)22-18-16(19)12-15(13-17(18)21)14-8-4-3-5-9-14/h3-5,8-9,12-13,22H,6-7,10-11H2,1-2H3. The first-order valence-electron chi connectivity index (χ1n) is 8.31. The van der Waals surface area contributed by atoms with Crippen LogP contribution in [0.25, 0.3) is 11.1 Å². The summed E-state index contributed by atoms with van der Waals surface area (Å²) in [4.78, 5) is 0. The first-order valence-corrected chi connectivity index (χ1v) is 8.31. The first kappa shape index (κ1) is 13.9. The molecule has 2 atom stereocenters. The summed E-state index contributed by atoms with van der Waals surface area (Å²) in [7, 11) is 6.42. The van der Waals surface area contributed by atoms with Gasteiger partial charge in [0.2, 0.25) is 0 Å². The third kappa shape index (κ3) is 1.79. The molecule has 22 heavy (non-hydrogen) atoms. The van der Waals surface area contributed by atoms with Crippen LogP contribution < -0.4 is 10.8 Å². The number of anilines is 1. The van der Waals surface area contributed by atoms with Gasteiger partial charge in [-0.3, -0.25) is 0 Å². The van der Waals surface area contributed by atoms with Crippen LogP contribution in [0.3, 0.4) is 0 Å². The predicted molar refractivity (Wildman–Crippen MR) is 95.1 cm³/mol. The summed E-state index contributed by atoms with van der Waals surface area (Å²) in [5.74, 6) is 0. The average Bonchev–Trinajstić information content (AvgIpc) is 2.77. The SMILES string of the molecule is [B]c1cc(-c2ccccc2)cc2c1NC1(C)CCCCC21C. The molecular weight excluding hydrogens is 265 g/mol. The van der Waals surface area contributed by atoms with Gasteiger partial charge in [-0.25, -0.2) is 0 Å². The molecule has 4 rings (SSSR count). The fourth-order valence-electron chi connectivity index (χ4n) is 4.45. The van der Waals surface area contributed by atoms with Crippen molar-refractivity contribution < 1.29 is 0 Å². The van der Waals surface area contributed by atoms with Gasteiger partial charge in [-0.2, -0.15) is 0 Å². The van der Waals surface area contributed by atoms with Crippen LogP contribution in [-0.2, 0) is 5.41 Å². The van der Waals surface area contributed by atoms with E-state index in [4.69, 9.17) is 7.85 Å². The number of benzene rings is 2. The van der Waals surface area contributed by atoms with Gasteiger partial charge in [0.15, 0.2) is 0 Å². The molecule has 1 heterocycles. The Labute approximate surface area is 134 Å². The third-order valence-electron chi connectivity index (χ3n) is 6.09. The van der Waals surface area contributed by atoms with Crippen LogP contribution in [0, 0.1) is 0 Å². The van der Waals surface area contributed by atoms with Crippen LogP contribution in [0.1, 0.15) is 45.1 Å². The molecule has 2 heteroatoms. The van der Waals surface area contributed by atoms with Crippen molar-refractivity contribution in [2.75, 3.05) is 5.32 Å². The van der Waals surface area contributed by atoms with Crippen LogP contribution in [0.4, 0.5) is 5.69 Å². The van der Waals surface area contributed by atoms with Crippen molar-refractivity contribution in [1.82, 2.24) is 0 Å². The Morgan fingerprint density at radius 3 is 2.45 bits per heavy atom. The maximum atomic E-state index is 6.42. The quantitative estimate of drug-likeness (QED) is 0.776. The van der Waals surface area contributed by atoms with E-state index in [-0.39, 0.29) is 11.0 Å². The molecule has 0 amide bonds. The second-order valence-electron chi connectivity index (χ2n) is 7.35. The lowest BCUT2D eigenvalue weighted by Gasteiger charge is -2.45. The van der Waals surface area contributed by atoms with Crippen molar-refractivity contribution >= 4 is 19.0 Å². The van der Waals surface area contributed by atoms with E-state index in [0.29, 0.717) is 0 Å². The van der Waals surface area contributed by atoms with Crippen LogP contribution in [0.5, 0.6) is 0 Å². The molecule has 0 spiro atoms. The molecule has 2 aliphatic rings. The van der Waals surface area contributed by atoms with E-state index >= 15 is 0 Å². The number of fused-ring (bicyclic) bond motifs is 3. The zero-order valence-electron chi connectivity index (χ0n) is 13.4. The summed E-state index contributed by atoms with van der Waals surface area (Å²) in [6, 6.07) is 15.0. The van der Waals surface area contributed by atoms with E-state index in [0.717, 1.165) is 5.46 Å². The molecule has 0 bridgehead atoms. The minimum absolute atomic E-state index is 0.136. The van der Waals surface area contributed by atoms with Gasteiger partial charge in [-0.1, -0.05) is 61.6 Å². The van der Waals surface area contributed by atoms with E-state index in [1.54, 1.807) is 0 Å². The fourth-order valence-corrected chi connectivity index (χ4v) is 4.45. The summed E-state index contributed by atoms with van der Waals surface area (Å²) < 4.78 is 0. The number of rotatable bonds is 1. The lowest BCUT2D eigenvalue weighted by atomic mass is 9.61. The number of nitrogens with one attached hydrogen (secondary N) is 1. The van der Waals surface area contributed by atoms with Gasteiger partial charge < -0.3 is 5.32 Å². The Morgan fingerprint density at radius 2 is 1.68 bits per heavy atom. The van der Waals surface area contributed by atoms with E-state index in [9.17, 15) is 0 Å². The summed E-state index contributed by atoms with van der Waals surface area (Å²) in [5, 5.41) is 3.78. The van der Waals surface area contributed by atoms with Crippen molar-refractivity contribution in [3.63, 3.8) is 0 Å². The van der Waals surface area contributed by atoms with E-state index in [1.807, 2.05) is 0 Å². The summed E-state index contributed by atoms with van der Waals surface area (Å²) in [6.45, 7) is 4.78. The lowest BCUT2D eigenvalue weighted by Crippen LogP contribution is -2.50. The molecule has 0 aromatic heterocycles. The van der Waals surface area contributed by atoms with Crippen LogP contribution in [0.2, 0.25) is 0 Å². The summed E-state index contributed by atoms with van der Waals surface area (Å²) >= 11 is 0. The largest absolute Gasteiger partial charge is 0.379 e. The van der Waals surface area contributed by atoms with Gasteiger partial charge in [0.1, 0.15) is 7.85 Å². The highest BCUT2D eigenvalue weighted by atomic mass is 15.0. The van der Waals surface area contributed by atoms with Gasteiger partial charge >= 0.3 is 0 Å². The molecular formula is C20H22BN. The Hall–Kier alpha value is -1.70. The zero-order chi connectivity index (χ0) is 15.4. The topological polar surface area (TPSA) is 12.0 Å². The van der Waals surface area contributed by atoms with Gasteiger partial charge in [0, 0.05) is 16.6 Å². The Bertz CT molecular complexity index is 724. The van der Waals surface area contributed by atoms with Gasteiger partial charge in [-0.05, 0) is 42.5 Å². The predicted octanol–water partition coefficient (Wildman–Crippen LogP) is 4.16. The molecule has 1 fully saturated rings. The van der Waals surface area contributed by atoms with Gasteiger partial charge in [-0.15, -0.1) is 0 Å². The molecule has 1 aliphatic carbocycles. The first-order chi connectivity index (χ1) is 10.5. The average molecular weight is 287 g/mol. The fraction of sp³-hybridized carbons (Fsp3) is 0.400. The zero-order valence-corrected chi connectivity index (χ0v) is 13.4. The van der Waals surface area contributed by atoms with Crippen molar-refractivity contribution in [1.29, 1.82) is 0 Å². The Morgan fingerprint density at radius 1 is 0.955 bits per heavy atom. The molecule has 2 radical (unpaired) electrons. The van der Waals surface area contributed by atoms with Crippen molar-refractivity contribution in [2.24, 2.45) is 0 Å². The second kappa shape index (κ2) is 4.65. The van der Waals surface area contributed by atoms with Gasteiger partial charge in [0.25, 0.3) is 0 Å². The van der Waals surface area contributed by atoms with E-state index < -0.39 is 0 Å². The molecule has 2 unspecified atom stereocenters. The van der Waals surface area contributed by atoms with Crippen LogP contribution >= 0.6 is 0 Å². The Kier molecular flexibility index (Phi) is 2.94.